The Morgan fingerprint density at radius 2 is 1.81 bits per heavy atom. The van der Waals surface area contributed by atoms with E-state index in [0.717, 1.165) is 12.0 Å². The van der Waals surface area contributed by atoms with Gasteiger partial charge >= 0.3 is 0 Å². The van der Waals surface area contributed by atoms with Crippen LogP contribution >= 0.6 is 11.3 Å². The predicted octanol–water partition coefficient (Wildman–Crippen LogP) is 5.98. The van der Waals surface area contributed by atoms with Crippen LogP contribution in [-0.4, -0.2) is 47.9 Å². The molecular weight excluding hydrogens is 400 g/mol. The Morgan fingerprint density at radius 1 is 1.03 bits per heavy atom. The zero-order valence-corrected chi connectivity index (χ0v) is 19.2. The van der Waals surface area contributed by atoms with Crippen LogP contribution in [0.25, 0.3) is 21.2 Å². The molecule has 0 bridgehead atoms. The first kappa shape index (κ1) is 20.7. The molecule has 2 heterocycles. The summed E-state index contributed by atoms with van der Waals surface area (Å²) in [7, 11) is 2.04. The number of hydrogen-bond acceptors (Lipinski definition) is 3. The van der Waals surface area contributed by atoms with Crippen LogP contribution in [0.15, 0.2) is 53.9 Å². The number of nitrogens with zero attached hydrogens (tertiary/aromatic N) is 2. The van der Waals surface area contributed by atoms with Gasteiger partial charge in [-0.15, -0.1) is 11.3 Å². The first-order chi connectivity index (χ1) is 15.2. The minimum absolute atomic E-state index is 0.256. The predicted molar refractivity (Wildman–Crippen MR) is 131 cm³/mol. The van der Waals surface area contributed by atoms with Crippen LogP contribution in [0.2, 0.25) is 0 Å². The van der Waals surface area contributed by atoms with E-state index >= 15 is 0 Å². The summed E-state index contributed by atoms with van der Waals surface area (Å²) < 4.78 is 1.28. The number of likely N-dealkylation sites (tertiary alicyclic amines) is 1. The average Bonchev–Trinajstić information content (AvgIpc) is 3.49. The maximum absolute atomic E-state index is 13.3. The Kier molecular flexibility index (Phi) is 6.10. The fraction of sp³-hybridized carbons (Fsp3) is 0.444. The van der Waals surface area contributed by atoms with E-state index < -0.39 is 0 Å². The van der Waals surface area contributed by atoms with Crippen LogP contribution in [0.5, 0.6) is 0 Å². The zero-order chi connectivity index (χ0) is 21.2. The minimum Gasteiger partial charge on any atom is -0.341 e. The van der Waals surface area contributed by atoms with Crippen molar-refractivity contribution in [2.45, 2.75) is 57.0 Å². The topological polar surface area (TPSA) is 23.6 Å². The number of benzene rings is 2. The summed E-state index contributed by atoms with van der Waals surface area (Å²) in [4.78, 5) is 18.0. The van der Waals surface area contributed by atoms with Gasteiger partial charge in [0, 0.05) is 34.8 Å². The lowest BCUT2D eigenvalue weighted by Crippen LogP contribution is -2.53. The van der Waals surface area contributed by atoms with Crippen LogP contribution in [0.3, 0.4) is 0 Å². The number of hydrogen-bond donors (Lipinski definition) is 0. The van der Waals surface area contributed by atoms with E-state index in [1.807, 2.05) is 7.05 Å². The summed E-state index contributed by atoms with van der Waals surface area (Å²) in [5, 5.41) is 3.50. The highest BCUT2D eigenvalue weighted by Crippen LogP contribution is 2.35. The standard InChI is InChI=1S/C27H32N2OS/c1-28(24-11-5-6-12-25(24)29-15-7-8-16-29)27(30)18-20-13-14-26-22(17-20)23(19-31-26)21-9-3-2-4-10-21/h2-4,9-10,13-14,17,19,24-25H,5-8,11-12,15-16,18H2,1H3/t24-,25-/m1/s1. The van der Waals surface area contributed by atoms with Gasteiger partial charge in [0.25, 0.3) is 0 Å². The van der Waals surface area contributed by atoms with Crippen molar-refractivity contribution in [3.63, 3.8) is 0 Å². The second-order valence-corrected chi connectivity index (χ2v) is 10.1. The summed E-state index contributed by atoms with van der Waals surface area (Å²) in [5.41, 5.74) is 3.63. The molecule has 0 unspecified atom stereocenters. The number of thiophene rings is 1. The highest BCUT2D eigenvalue weighted by molar-refractivity contribution is 7.17. The van der Waals surface area contributed by atoms with Gasteiger partial charge in [-0.25, -0.2) is 0 Å². The third-order valence-electron chi connectivity index (χ3n) is 7.27. The second-order valence-electron chi connectivity index (χ2n) is 9.19. The van der Waals surface area contributed by atoms with Crippen molar-refractivity contribution < 1.29 is 4.79 Å². The fourth-order valence-electron chi connectivity index (χ4n) is 5.55. The quantitative estimate of drug-likeness (QED) is 0.495. The Morgan fingerprint density at radius 3 is 2.61 bits per heavy atom. The molecule has 3 aromatic rings. The molecule has 1 aliphatic carbocycles. The molecule has 0 radical (unpaired) electrons. The molecule has 2 aliphatic rings. The summed E-state index contributed by atoms with van der Waals surface area (Å²) in [6, 6.07) is 18.0. The van der Waals surface area contributed by atoms with E-state index in [2.05, 4.69) is 63.7 Å². The van der Waals surface area contributed by atoms with E-state index in [1.165, 1.54) is 66.4 Å². The normalized spacial score (nSPS) is 22.1. The third kappa shape index (κ3) is 4.28. The van der Waals surface area contributed by atoms with E-state index in [9.17, 15) is 4.79 Å². The van der Waals surface area contributed by atoms with Crippen molar-refractivity contribution in [3.05, 3.63) is 59.5 Å². The number of amides is 1. The van der Waals surface area contributed by atoms with E-state index in [-0.39, 0.29) is 5.91 Å². The van der Waals surface area contributed by atoms with Gasteiger partial charge in [0.1, 0.15) is 0 Å². The third-order valence-corrected chi connectivity index (χ3v) is 8.24. The lowest BCUT2D eigenvalue weighted by atomic mass is 9.88. The van der Waals surface area contributed by atoms with Gasteiger partial charge < -0.3 is 4.90 Å². The molecule has 1 saturated carbocycles. The number of carbonyl (C=O) groups is 1. The Labute approximate surface area is 189 Å². The van der Waals surface area contributed by atoms with Gasteiger partial charge in [-0.2, -0.15) is 0 Å². The first-order valence-electron chi connectivity index (χ1n) is 11.8. The molecule has 2 atom stereocenters. The van der Waals surface area contributed by atoms with E-state index in [1.54, 1.807) is 11.3 Å². The van der Waals surface area contributed by atoms with Gasteiger partial charge in [0.2, 0.25) is 5.91 Å². The number of fused-ring (bicyclic) bond motifs is 1. The van der Waals surface area contributed by atoms with Crippen molar-refractivity contribution in [1.29, 1.82) is 0 Å². The molecule has 0 spiro atoms. The molecule has 2 aromatic carbocycles. The SMILES string of the molecule is CN(C(=O)Cc1ccc2scc(-c3ccccc3)c2c1)[C@@H]1CCCC[C@H]1N1CCCC1. The lowest BCUT2D eigenvalue weighted by molar-refractivity contribution is -0.133. The van der Waals surface area contributed by atoms with Crippen LogP contribution in [0.4, 0.5) is 0 Å². The van der Waals surface area contributed by atoms with Crippen molar-refractivity contribution >= 4 is 27.3 Å². The van der Waals surface area contributed by atoms with Gasteiger partial charge in [0.15, 0.2) is 0 Å². The van der Waals surface area contributed by atoms with Crippen molar-refractivity contribution in [1.82, 2.24) is 9.80 Å². The van der Waals surface area contributed by atoms with Crippen LogP contribution < -0.4 is 0 Å². The smallest absolute Gasteiger partial charge is 0.227 e. The van der Waals surface area contributed by atoms with Crippen LogP contribution in [0.1, 0.15) is 44.1 Å². The fourth-order valence-corrected chi connectivity index (χ4v) is 6.50. The maximum Gasteiger partial charge on any atom is 0.227 e. The molecule has 31 heavy (non-hydrogen) atoms. The minimum atomic E-state index is 0.256. The Balaban J connectivity index is 1.34. The van der Waals surface area contributed by atoms with Gasteiger partial charge in [-0.05, 0) is 67.4 Å². The van der Waals surface area contributed by atoms with Crippen molar-refractivity contribution in [2.75, 3.05) is 20.1 Å². The van der Waals surface area contributed by atoms with Gasteiger partial charge in [0.05, 0.1) is 6.42 Å². The van der Waals surface area contributed by atoms with Gasteiger partial charge in [-0.1, -0.05) is 49.2 Å². The van der Waals surface area contributed by atoms with Crippen molar-refractivity contribution in [3.8, 4) is 11.1 Å². The maximum atomic E-state index is 13.3. The number of likely N-dealkylation sites (N-methyl/N-ethyl adjacent to an activating group) is 1. The van der Waals surface area contributed by atoms with E-state index in [4.69, 9.17) is 0 Å². The van der Waals surface area contributed by atoms with Crippen LogP contribution in [-0.2, 0) is 11.2 Å². The first-order valence-corrected chi connectivity index (χ1v) is 12.6. The summed E-state index contributed by atoms with van der Waals surface area (Å²) in [5.74, 6) is 0.256. The molecule has 3 nitrogen and oxygen atoms in total. The summed E-state index contributed by atoms with van der Waals surface area (Å²) >= 11 is 1.78. The molecular formula is C27H32N2OS. The molecule has 1 saturated heterocycles. The molecule has 1 aromatic heterocycles. The Hall–Kier alpha value is -2.17. The lowest BCUT2D eigenvalue weighted by Gasteiger charge is -2.42. The number of rotatable bonds is 5. The Bertz CT molecular complexity index is 1040. The van der Waals surface area contributed by atoms with Gasteiger partial charge in [-0.3, -0.25) is 9.69 Å². The molecule has 1 aliphatic heterocycles. The average molecular weight is 433 g/mol. The highest BCUT2D eigenvalue weighted by Gasteiger charge is 2.35. The molecule has 4 heteroatoms. The van der Waals surface area contributed by atoms with Crippen LogP contribution in [0, 0.1) is 0 Å². The van der Waals surface area contributed by atoms with Crippen molar-refractivity contribution in [2.24, 2.45) is 0 Å². The highest BCUT2D eigenvalue weighted by atomic mass is 32.1. The van der Waals surface area contributed by atoms with E-state index in [0.29, 0.717) is 18.5 Å². The molecule has 1 amide bonds. The monoisotopic (exact) mass is 432 g/mol. The largest absolute Gasteiger partial charge is 0.341 e. The summed E-state index contributed by atoms with van der Waals surface area (Å²) in [6.45, 7) is 2.42. The molecule has 5 rings (SSSR count). The second kappa shape index (κ2) is 9.13. The molecule has 0 N–H and O–H groups in total. The molecule has 162 valence electrons. The number of carbonyl (C=O) groups excluding carboxylic acids is 1. The summed E-state index contributed by atoms with van der Waals surface area (Å²) in [6.07, 6.45) is 8.04. The molecule has 2 fully saturated rings. The zero-order valence-electron chi connectivity index (χ0n) is 18.4.